The van der Waals surface area contributed by atoms with E-state index in [1.807, 2.05) is 102 Å². The van der Waals surface area contributed by atoms with Crippen molar-refractivity contribution < 1.29 is 106 Å². The number of hydrogen-bond donors (Lipinski definition) is 12. The number of nitrogens with zero attached hydrogens (tertiary/aromatic N) is 8. The van der Waals surface area contributed by atoms with Crippen LogP contribution in [0.1, 0.15) is 101 Å². The molecule has 18 rings (SSSR count). The molecule has 0 saturated heterocycles. The van der Waals surface area contributed by atoms with Crippen LogP contribution >= 0.6 is 21.7 Å². The molecule has 10 aromatic heterocycles. The van der Waals surface area contributed by atoms with E-state index in [1.165, 1.54) is 72.8 Å². The fourth-order valence-electron chi connectivity index (χ4n) is 14.7. The topological polar surface area (TPSA) is 360 Å². The van der Waals surface area contributed by atoms with Gasteiger partial charge in [0.25, 0.3) is 20.2 Å². The van der Waals surface area contributed by atoms with Gasteiger partial charge in [-0.25, -0.2) is 38.2 Å². The van der Waals surface area contributed by atoms with Crippen molar-refractivity contribution in [3.05, 3.63) is 297 Å². The molecule has 0 fully saturated rings. The van der Waals surface area contributed by atoms with E-state index >= 15 is 0 Å². The first-order valence-corrected chi connectivity index (χ1v) is 46.0. The van der Waals surface area contributed by atoms with E-state index in [0.717, 1.165) is 89.4 Å². The molecule has 12 N–H and O–H groups in total. The van der Waals surface area contributed by atoms with E-state index < -0.39 is 42.0 Å². The molecule has 0 spiro atoms. The van der Waals surface area contributed by atoms with E-state index in [2.05, 4.69) is 167 Å². The van der Waals surface area contributed by atoms with Crippen LogP contribution in [0.3, 0.4) is 0 Å². The number of aryl methyl sites for hydroxylation is 4. The van der Waals surface area contributed by atoms with Crippen LogP contribution in [0, 0.1) is 7.43 Å². The first kappa shape index (κ1) is 97.2. The minimum Gasteiger partial charge on any atom is -0.358 e. The van der Waals surface area contributed by atoms with E-state index in [-0.39, 0.29) is 61.1 Å². The molecule has 0 saturated carbocycles. The van der Waals surface area contributed by atoms with E-state index in [1.54, 1.807) is 72.8 Å². The largest absolute Gasteiger partial charge is 1.00 e. The van der Waals surface area contributed by atoms with Crippen LogP contribution in [0.4, 0.5) is 0 Å². The number of nitrogens with one attached hydrogen (secondary N) is 4. The van der Waals surface area contributed by atoms with Gasteiger partial charge in [0.1, 0.15) is 49.9 Å². The smallest absolute Gasteiger partial charge is 0.358 e. The molecule has 127 heavy (non-hydrogen) atoms. The van der Waals surface area contributed by atoms with Gasteiger partial charge in [0.05, 0.1) is 65.1 Å². The van der Waals surface area contributed by atoms with Crippen molar-refractivity contribution in [3.8, 4) is 89.0 Å². The quantitative estimate of drug-likeness (QED) is 0.0234. The van der Waals surface area contributed by atoms with Crippen LogP contribution in [0.2, 0.25) is 0 Å². The molecule has 24 nitrogen and oxygen atoms in total. The van der Waals surface area contributed by atoms with Crippen molar-refractivity contribution in [1.82, 2.24) is 39.9 Å². The second kappa shape index (κ2) is 41.2. The zero-order chi connectivity index (χ0) is 88.7. The predicted molar refractivity (Wildman–Crippen MR) is 505 cm³/mol. The number of H-pyrrole nitrogens is 4. The molecule has 0 aliphatic carbocycles. The SMILES string of the molecule is CC.CC.CC.CC.C[n+]1ccc(-c2c3nc(c(-c4cc[n+](C)cc4)c4ccc([nH]4)c(-c4cc[n+](C)cc4)c4nc(c(-c5cc[n+](C)cc5)c5ccc2[nH]5)C=C4)C=C3)cc1.O=S(=O)(O)c1ccc(-c2c3nc(c(-c4ccc(S(O)(O)O)cc4)c4ccc([nH]4)c(-c4ccc(S(O)(O)O)cc4)c4nc(c(-c5ccc(S(=O)(=O)O)cc5)c5ccc2[nH]5)C=C4)C=C3)cc1.[CH3-].[Cu+].[Cu]. The Morgan fingerprint density at radius 3 is 0.496 bits per heavy atom. The monoisotopic (exact) mass is 1880 g/mol. The minimum absolute atomic E-state index is 0. The Balaban J connectivity index is 0.000000244. The van der Waals surface area contributed by atoms with Crippen molar-refractivity contribution in [2.45, 2.75) is 75.0 Å². The average Bonchev–Trinajstić information content (AvgIpc) is 1.61. The van der Waals surface area contributed by atoms with Crippen LogP contribution < -0.4 is 18.3 Å². The molecular formula is C97H99Cu2N12O12S4+4. The van der Waals surface area contributed by atoms with Crippen molar-refractivity contribution in [2.75, 3.05) is 0 Å². The molecule has 0 unspecified atom stereocenters. The number of aromatic nitrogens is 12. The Hall–Kier alpha value is -12.0. The van der Waals surface area contributed by atoms with Gasteiger partial charge < -0.3 is 54.7 Å². The van der Waals surface area contributed by atoms with Crippen LogP contribution in [-0.2, 0) is 82.6 Å². The minimum atomic E-state index is -4.53. The molecule has 4 aliphatic rings. The van der Waals surface area contributed by atoms with Crippen LogP contribution in [0.5, 0.6) is 0 Å². The van der Waals surface area contributed by atoms with Gasteiger partial charge in [-0.1, -0.05) is 104 Å². The second-order valence-electron chi connectivity index (χ2n) is 28.1. The van der Waals surface area contributed by atoms with Crippen LogP contribution in [0.25, 0.3) is 182 Å². The Morgan fingerprint density at radius 1 is 0.228 bits per heavy atom. The molecule has 14 heterocycles. The molecule has 4 aromatic carbocycles. The van der Waals surface area contributed by atoms with Crippen molar-refractivity contribution >= 4 is 135 Å². The van der Waals surface area contributed by atoms with E-state index in [0.29, 0.717) is 89.4 Å². The molecule has 0 amide bonds. The number of fused-ring (bicyclic) bond motifs is 16. The van der Waals surface area contributed by atoms with Gasteiger partial charge in [-0.15, -0.1) is 0 Å². The Bertz CT molecular complexity index is 6500. The fourth-order valence-corrected chi connectivity index (χ4v) is 16.7. The maximum Gasteiger partial charge on any atom is 1.00 e. The number of hydrogen-bond acceptors (Lipinski definition) is 14. The normalized spacial score (nSPS) is 12.0. The van der Waals surface area contributed by atoms with Crippen LogP contribution in [0.15, 0.2) is 263 Å². The summed E-state index contributed by atoms with van der Waals surface area (Å²) in [7, 11) is -9.00. The van der Waals surface area contributed by atoms with Gasteiger partial charge in [0.2, 0.25) is 0 Å². The predicted octanol–water partition coefficient (Wildman–Crippen LogP) is 22.2. The maximum atomic E-state index is 12.0. The molecule has 4 aliphatic heterocycles. The summed E-state index contributed by atoms with van der Waals surface area (Å²) in [5.41, 5.74) is 23.9. The summed E-state index contributed by atoms with van der Waals surface area (Å²) in [4.78, 5) is 34.7. The standard InChI is InChI=1S/C44H37N8.C44H34N4O12S4.4C2H6.CH3.2Cu/c1-49-21-13-29(14-22-49)41-33-5-7-35(45-33)42(30-15-23-50(2)24-16-30)37-9-11-39(47-37)44(32-19-27-52(4)28-20-32)40-12-10-38(48-40)43(36-8-6-34(41)46-36)31-17-25-51(3)26-18-31;49-61(50,51)29-9-1-25(2-10-29)41-33-17-19-35(45-33)42(26-3-11-30(12-4-26)62(52,53)54)37-21-23-39(47-37)44(28-7-15-32(16-8-28)64(58,59)60)40-24-22-38(48-40)43(36-20-18-34(41)46-36)27-5-13-31(14-6-27)63(55,56)57;4*1-2;;;/h5-28H,1-4H3,(H,45,46,47,48);1-24,45,48-54H,(H,55,56,57)(H,58,59,60);4*1-2H3;1H3;;/q+3;;;;;;-1;;+1/p+1. The third kappa shape index (κ3) is 21.2. The summed E-state index contributed by atoms with van der Waals surface area (Å²) in [6.07, 6.45) is 32.2. The summed E-state index contributed by atoms with van der Waals surface area (Å²) in [6.45, 7) is 16.0. The van der Waals surface area contributed by atoms with Crippen LogP contribution in [-0.4, -0.2) is 93.1 Å². The first-order valence-electron chi connectivity index (χ1n) is 40.1. The molecule has 0 atom stereocenters. The first-order chi connectivity index (χ1) is 59.6. The van der Waals surface area contributed by atoms with E-state index in [4.69, 9.17) is 19.9 Å². The van der Waals surface area contributed by atoms with Gasteiger partial charge in [-0.05, 0) is 190 Å². The van der Waals surface area contributed by atoms with Gasteiger partial charge in [0.15, 0.2) is 49.6 Å². The third-order valence-corrected chi connectivity index (χ3v) is 23.9. The summed E-state index contributed by atoms with van der Waals surface area (Å²) >= 11 is 0. The maximum absolute atomic E-state index is 12.0. The third-order valence-electron chi connectivity index (χ3n) is 20.4. The Kier molecular flexibility index (Phi) is 31.5. The molecule has 14 aromatic rings. The average molecular weight is 1880 g/mol. The number of pyridine rings is 4. The second-order valence-corrected chi connectivity index (χ2v) is 34.0. The van der Waals surface area contributed by atoms with Gasteiger partial charge in [-0.3, -0.25) is 9.11 Å². The van der Waals surface area contributed by atoms with Gasteiger partial charge >= 0.3 is 17.1 Å². The molecular weight excluding hydrogens is 1780 g/mol. The summed E-state index contributed by atoms with van der Waals surface area (Å²) < 4.78 is 136. The summed E-state index contributed by atoms with van der Waals surface area (Å²) in [6, 6.07) is 56.0. The number of aromatic amines is 4. The summed E-state index contributed by atoms with van der Waals surface area (Å²) in [5.74, 6) is 0. The Labute approximate surface area is 763 Å². The number of benzene rings is 4. The number of rotatable bonds is 12. The van der Waals surface area contributed by atoms with E-state index in [9.17, 15) is 53.3 Å². The summed E-state index contributed by atoms with van der Waals surface area (Å²) in [5, 5.41) is 0. The van der Waals surface area contributed by atoms with Gasteiger partial charge in [0, 0.05) is 154 Å². The van der Waals surface area contributed by atoms with Crippen molar-refractivity contribution in [2.24, 2.45) is 28.2 Å². The zero-order valence-electron chi connectivity index (χ0n) is 71.7. The molecule has 661 valence electrons. The molecule has 16 bridgehead atoms. The molecule has 30 heteroatoms. The fraction of sp³-hybridized carbons (Fsp3) is 0.124. The van der Waals surface area contributed by atoms with Crippen molar-refractivity contribution in [3.63, 3.8) is 0 Å². The van der Waals surface area contributed by atoms with Gasteiger partial charge in [-0.2, -0.15) is 16.8 Å². The Morgan fingerprint density at radius 2 is 0.362 bits per heavy atom. The molecule has 1 radical (unpaired) electrons. The van der Waals surface area contributed by atoms with Crippen molar-refractivity contribution in [1.29, 1.82) is 0 Å². The zero-order valence-corrected chi connectivity index (χ0v) is 76.9.